The highest BCUT2D eigenvalue weighted by atomic mass is 16.5. The van der Waals surface area contributed by atoms with Crippen LogP contribution in [0.2, 0.25) is 0 Å². The molecule has 0 saturated carbocycles. The molecule has 2 unspecified atom stereocenters. The van der Waals surface area contributed by atoms with Crippen LogP contribution in [0.4, 0.5) is 0 Å². The summed E-state index contributed by atoms with van der Waals surface area (Å²) in [6.07, 6.45) is -0.724. The van der Waals surface area contributed by atoms with Gasteiger partial charge in [-0.25, -0.2) is 4.79 Å². The van der Waals surface area contributed by atoms with Crippen molar-refractivity contribution in [1.82, 2.24) is 5.32 Å². The molecular formula is C18H20N2O4. The number of rotatable bonds is 4. The molecule has 4 N–H and O–H groups in total. The largest absolute Gasteiger partial charge is 0.467 e. The zero-order valence-electron chi connectivity index (χ0n) is 13.8. The topological polar surface area (TPSA) is 102 Å². The minimum atomic E-state index is -0.919. The third kappa shape index (κ3) is 6.13. The third-order valence-corrected chi connectivity index (χ3v) is 2.96. The van der Waals surface area contributed by atoms with E-state index in [0.717, 1.165) is 0 Å². The molecule has 0 aromatic heterocycles. The van der Waals surface area contributed by atoms with Gasteiger partial charge in [-0.05, 0) is 50.0 Å². The molecule has 0 saturated heterocycles. The average Bonchev–Trinajstić information content (AvgIpc) is 2.55. The maximum absolute atomic E-state index is 12.2. The molecule has 6 heteroatoms. The zero-order chi connectivity index (χ0) is 18.1. The number of aliphatic hydroxyl groups excluding tert-OH is 1. The molecule has 0 aliphatic heterocycles. The van der Waals surface area contributed by atoms with E-state index in [1.54, 1.807) is 38.1 Å². The van der Waals surface area contributed by atoms with Crippen molar-refractivity contribution in [2.24, 2.45) is 5.73 Å². The molecule has 0 fully saturated rings. The van der Waals surface area contributed by atoms with E-state index in [1.165, 1.54) is 7.11 Å². The molecule has 0 aliphatic carbocycles. The van der Waals surface area contributed by atoms with Crippen LogP contribution in [0.5, 0.6) is 0 Å². The Labute approximate surface area is 141 Å². The summed E-state index contributed by atoms with van der Waals surface area (Å²) in [4.78, 5) is 23.8. The van der Waals surface area contributed by atoms with E-state index in [4.69, 9.17) is 10.8 Å². The Balaban J connectivity index is 2.80. The summed E-state index contributed by atoms with van der Waals surface area (Å²) in [5.74, 6) is 9.39. The average molecular weight is 328 g/mol. The fourth-order valence-corrected chi connectivity index (χ4v) is 1.71. The van der Waals surface area contributed by atoms with Crippen molar-refractivity contribution >= 4 is 11.9 Å². The van der Waals surface area contributed by atoms with E-state index in [9.17, 15) is 9.59 Å². The van der Waals surface area contributed by atoms with Crippen LogP contribution < -0.4 is 11.1 Å². The summed E-state index contributed by atoms with van der Waals surface area (Å²) < 4.78 is 4.62. The Bertz CT molecular complexity index is 701. The number of carbonyl (C=O) groups excluding carboxylic acids is 2. The number of hydrogen-bond acceptors (Lipinski definition) is 5. The van der Waals surface area contributed by atoms with E-state index < -0.39 is 30.1 Å². The lowest BCUT2D eigenvalue weighted by Crippen LogP contribution is -2.51. The predicted octanol–water partition coefficient (Wildman–Crippen LogP) is 0.0409. The number of amides is 1. The number of nitrogens with two attached hydrogens (primary N) is 1. The quantitative estimate of drug-likeness (QED) is 0.535. The molecule has 1 rings (SSSR count). The monoisotopic (exact) mass is 328 g/mol. The number of benzene rings is 1. The van der Waals surface area contributed by atoms with Gasteiger partial charge in [0.2, 0.25) is 0 Å². The number of hydrogen-bond donors (Lipinski definition) is 3. The van der Waals surface area contributed by atoms with Crippen molar-refractivity contribution in [2.75, 3.05) is 7.11 Å². The Morgan fingerprint density at radius 1 is 1.21 bits per heavy atom. The first kappa shape index (κ1) is 19.2. The highest BCUT2D eigenvalue weighted by Crippen LogP contribution is 2.05. The number of nitrogens with one attached hydrogen (secondary N) is 1. The van der Waals surface area contributed by atoms with Crippen LogP contribution in [0, 0.1) is 23.7 Å². The van der Waals surface area contributed by atoms with Crippen molar-refractivity contribution in [3.63, 3.8) is 0 Å². The van der Waals surface area contributed by atoms with Gasteiger partial charge in [-0.2, -0.15) is 0 Å². The molecule has 6 nitrogen and oxygen atoms in total. The highest BCUT2D eigenvalue weighted by Gasteiger charge is 2.25. The minimum Gasteiger partial charge on any atom is -0.467 e. The number of carbonyl (C=O) groups is 2. The first-order chi connectivity index (χ1) is 11.3. The van der Waals surface area contributed by atoms with Gasteiger partial charge < -0.3 is 20.9 Å². The Morgan fingerprint density at radius 3 is 2.33 bits per heavy atom. The molecule has 0 spiro atoms. The highest BCUT2D eigenvalue weighted by molar-refractivity contribution is 5.97. The second-order valence-corrected chi connectivity index (χ2v) is 5.11. The van der Waals surface area contributed by atoms with Gasteiger partial charge in [0.1, 0.15) is 12.1 Å². The number of esters is 1. The van der Waals surface area contributed by atoms with Gasteiger partial charge in [0.25, 0.3) is 5.91 Å². The van der Waals surface area contributed by atoms with Crippen molar-refractivity contribution in [3.8, 4) is 23.7 Å². The SMILES string of the molecule is COC(=O)C(NC(=O)c1ccc(C#CC#C[C@H](C)O)cc1)C(C)N. The molecule has 0 radical (unpaired) electrons. The minimum absolute atomic E-state index is 0.366. The Morgan fingerprint density at radius 2 is 1.83 bits per heavy atom. The molecule has 0 aliphatic rings. The van der Waals surface area contributed by atoms with Crippen LogP contribution in [-0.4, -0.2) is 42.3 Å². The van der Waals surface area contributed by atoms with E-state index in [2.05, 4.69) is 33.7 Å². The van der Waals surface area contributed by atoms with Crippen molar-refractivity contribution < 1.29 is 19.4 Å². The summed E-state index contributed by atoms with van der Waals surface area (Å²) >= 11 is 0. The van der Waals surface area contributed by atoms with E-state index >= 15 is 0 Å². The second-order valence-electron chi connectivity index (χ2n) is 5.11. The fraction of sp³-hybridized carbons (Fsp3) is 0.333. The standard InChI is InChI=1S/C18H20N2O4/c1-12(21)6-4-5-7-14-8-10-15(11-9-14)17(22)20-16(13(2)19)18(23)24-3/h8-13,16,21H,19H2,1-3H3,(H,20,22)/t12-,13?,16?/m0/s1. The Hall–Kier alpha value is -2.80. The summed E-state index contributed by atoms with van der Waals surface area (Å²) in [5.41, 5.74) is 6.72. The number of aliphatic hydroxyl groups is 1. The summed E-state index contributed by atoms with van der Waals surface area (Å²) in [6, 6.07) is 4.97. The van der Waals surface area contributed by atoms with Crippen LogP contribution in [0.3, 0.4) is 0 Å². The van der Waals surface area contributed by atoms with Gasteiger partial charge in [0, 0.05) is 17.2 Å². The van der Waals surface area contributed by atoms with Crippen LogP contribution in [0.25, 0.3) is 0 Å². The number of methoxy groups -OCH3 is 1. The first-order valence-electron chi connectivity index (χ1n) is 7.29. The lowest BCUT2D eigenvalue weighted by Gasteiger charge is -2.19. The van der Waals surface area contributed by atoms with Gasteiger partial charge in [-0.15, -0.1) is 0 Å². The molecule has 1 aromatic rings. The fourth-order valence-electron chi connectivity index (χ4n) is 1.71. The first-order valence-corrected chi connectivity index (χ1v) is 7.29. The molecule has 1 aromatic carbocycles. The summed E-state index contributed by atoms with van der Waals surface area (Å²) in [6.45, 7) is 3.15. The lowest BCUT2D eigenvalue weighted by atomic mass is 10.1. The molecule has 0 heterocycles. The molecule has 24 heavy (non-hydrogen) atoms. The summed E-state index contributed by atoms with van der Waals surface area (Å²) in [7, 11) is 1.23. The second kappa shape index (κ2) is 9.36. The van der Waals surface area contributed by atoms with E-state index in [-0.39, 0.29) is 0 Å². The van der Waals surface area contributed by atoms with Gasteiger partial charge in [0.05, 0.1) is 7.11 Å². The molecule has 0 bridgehead atoms. The molecule has 126 valence electrons. The third-order valence-electron chi connectivity index (χ3n) is 2.96. The van der Waals surface area contributed by atoms with Crippen LogP contribution in [0.1, 0.15) is 29.8 Å². The van der Waals surface area contributed by atoms with Crippen molar-refractivity contribution in [1.29, 1.82) is 0 Å². The van der Waals surface area contributed by atoms with E-state index in [1.807, 2.05) is 0 Å². The normalized spacial score (nSPS) is 13.2. The lowest BCUT2D eigenvalue weighted by molar-refractivity contribution is -0.143. The van der Waals surface area contributed by atoms with Crippen molar-refractivity contribution in [2.45, 2.75) is 32.0 Å². The maximum atomic E-state index is 12.2. The zero-order valence-corrected chi connectivity index (χ0v) is 13.8. The van der Waals surface area contributed by atoms with Crippen LogP contribution in [-0.2, 0) is 9.53 Å². The smallest absolute Gasteiger partial charge is 0.329 e. The van der Waals surface area contributed by atoms with Gasteiger partial charge in [-0.3, -0.25) is 4.79 Å². The molecule has 3 atom stereocenters. The predicted molar refractivity (Wildman–Crippen MR) is 89.7 cm³/mol. The molecular weight excluding hydrogens is 308 g/mol. The van der Waals surface area contributed by atoms with Gasteiger partial charge in [-0.1, -0.05) is 11.8 Å². The van der Waals surface area contributed by atoms with Crippen molar-refractivity contribution in [3.05, 3.63) is 35.4 Å². The summed E-state index contributed by atoms with van der Waals surface area (Å²) in [5, 5.41) is 11.5. The number of ether oxygens (including phenoxy) is 1. The van der Waals surface area contributed by atoms with Crippen LogP contribution in [0.15, 0.2) is 24.3 Å². The van der Waals surface area contributed by atoms with Crippen LogP contribution >= 0.6 is 0 Å². The van der Waals surface area contributed by atoms with Gasteiger partial charge in [0.15, 0.2) is 0 Å². The molecule has 1 amide bonds. The Kier molecular flexibility index (Phi) is 7.51. The maximum Gasteiger partial charge on any atom is 0.329 e. The van der Waals surface area contributed by atoms with E-state index in [0.29, 0.717) is 11.1 Å². The van der Waals surface area contributed by atoms with Gasteiger partial charge >= 0.3 is 5.97 Å².